The molecule has 1 aliphatic carbocycles. The zero-order valence-electron chi connectivity index (χ0n) is 20.0. The van der Waals surface area contributed by atoms with Crippen LogP contribution in [0.1, 0.15) is 69.8 Å². The molecule has 1 aromatic heterocycles. The molecule has 1 atom stereocenters. The van der Waals surface area contributed by atoms with Gasteiger partial charge in [0.05, 0.1) is 4.90 Å². The number of carbonyl (C=O) groups excluding carboxylic acids is 2. The van der Waals surface area contributed by atoms with Gasteiger partial charge in [-0.3, -0.25) is 14.6 Å². The summed E-state index contributed by atoms with van der Waals surface area (Å²) in [4.78, 5) is 30.0. The third kappa shape index (κ3) is 7.63. The Labute approximate surface area is 202 Å². The van der Waals surface area contributed by atoms with Crippen LogP contribution in [0, 0.1) is 5.92 Å². The minimum absolute atomic E-state index is 0.114. The first-order chi connectivity index (χ1) is 16.0. The first kappa shape index (κ1) is 25.8. The molecule has 2 amide bonds. The number of pyridine rings is 1. The van der Waals surface area contributed by atoms with Crippen LogP contribution < -0.4 is 15.4 Å². The van der Waals surface area contributed by atoms with E-state index in [1.807, 2.05) is 0 Å². The molecule has 9 heteroatoms. The van der Waals surface area contributed by atoms with Crippen LogP contribution in [-0.4, -0.2) is 36.8 Å². The summed E-state index contributed by atoms with van der Waals surface area (Å²) < 4.78 is 27.6. The highest BCUT2D eigenvalue weighted by Crippen LogP contribution is 2.28. The lowest BCUT2D eigenvalue weighted by molar-refractivity contribution is -0.118. The normalized spacial score (nSPS) is 16.0. The summed E-state index contributed by atoms with van der Waals surface area (Å²) in [5.74, 6) is -0.367. The fourth-order valence-electron chi connectivity index (χ4n) is 4.13. The van der Waals surface area contributed by atoms with Crippen LogP contribution in [0.15, 0.2) is 53.6 Å². The van der Waals surface area contributed by atoms with Crippen molar-refractivity contribution in [2.24, 2.45) is 5.92 Å². The maximum Gasteiger partial charge on any atom is 0.270 e. The van der Waals surface area contributed by atoms with E-state index >= 15 is 0 Å². The second-order valence-electron chi connectivity index (χ2n) is 9.85. The van der Waals surface area contributed by atoms with Crippen molar-refractivity contribution in [2.75, 3.05) is 5.32 Å². The quantitative estimate of drug-likeness (QED) is 0.524. The maximum absolute atomic E-state index is 13.1. The number of aromatic nitrogens is 1. The lowest BCUT2D eigenvalue weighted by Crippen LogP contribution is -2.45. The van der Waals surface area contributed by atoms with E-state index in [-0.39, 0.29) is 16.5 Å². The number of carbonyl (C=O) groups is 2. The van der Waals surface area contributed by atoms with Crippen molar-refractivity contribution in [3.63, 3.8) is 0 Å². The van der Waals surface area contributed by atoms with Gasteiger partial charge in [-0.25, -0.2) is 13.1 Å². The van der Waals surface area contributed by atoms with Crippen LogP contribution in [0.25, 0.3) is 0 Å². The van der Waals surface area contributed by atoms with E-state index in [1.54, 1.807) is 51.1 Å². The zero-order chi connectivity index (χ0) is 24.8. The Bertz CT molecular complexity index is 1070. The third-order valence-corrected chi connectivity index (χ3v) is 7.46. The summed E-state index contributed by atoms with van der Waals surface area (Å²) in [6.45, 7) is 5.31. The number of rotatable bonds is 8. The van der Waals surface area contributed by atoms with Crippen molar-refractivity contribution in [3.05, 3.63) is 54.4 Å². The van der Waals surface area contributed by atoms with Crippen LogP contribution in [0.2, 0.25) is 0 Å². The fraction of sp³-hybridized carbons (Fsp3) is 0.480. The molecule has 1 fully saturated rings. The highest BCUT2D eigenvalue weighted by Gasteiger charge is 2.27. The van der Waals surface area contributed by atoms with Gasteiger partial charge in [-0.05, 0) is 69.5 Å². The van der Waals surface area contributed by atoms with E-state index in [9.17, 15) is 18.0 Å². The molecule has 34 heavy (non-hydrogen) atoms. The van der Waals surface area contributed by atoms with Crippen molar-refractivity contribution in [2.45, 2.75) is 75.8 Å². The highest BCUT2D eigenvalue weighted by molar-refractivity contribution is 7.89. The maximum atomic E-state index is 13.1. The molecule has 184 valence electrons. The SMILES string of the molecule is CC(C)(C)NS(=O)(=O)c1ccc(NC(=O)[C@H](CC2CCCCC2)NC(=O)c2ccccn2)cc1. The topological polar surface area (TPSA) is 117 Å². The number of nitrogens with zero attached hydrogens (tertiary/aromatic N) is 1. The van der Waals surface area contributed by atoms with Crippen molar-refractivity contribution >= 4 is 27.5 Å². The van der Waals surface area contributed by atoms with Crippen LogP contribution in [0.5, 0.6) is 0 Å². The lowest BCUT2D eigenvalue weighted by Gasteiger charge is -2.26. The van der Waals surface area contributed by atoms with Gasteiger partial charge >= 0.3 is 0 Å². The van der Waals surface area contributed by atoms with E-state index in [2.05, 4.69) is 20.3 Å². The van der Waals surface area contributed by atoms with E-state index in [1.165, 1.54) is 24.8 Å². The van der Waals surface area contributed by atoms with Crippen LogP contribution in [0.4, 0.5) is 5.69 Å². The first-order valence-electron chi connectivity index (χ1n) is 11.7. The van der Waals surface area contributed by atoms with Gasteiger partial charge in [0.15, 0.2) is 0 Å². The average Bonchev–Trinajstić information content (AvgIpc) is 2.78. The predicted molar refractivity (Wildman–Crippen MR) is 132 cm³/mol. The molecule has 0 bridgehead atoms. The monoisotopic (exact) mass is 486 g/mol. The number of benzene rings is 1. The minimum atomic E-state index is -3.67. The molecule has 1 saturated carbocycles. The summed E-state index contributed by atoms with van der Waals surface area (Å²) in [6, 6.07) is 10.3. The predicted octanol–water partition coefficient (Wildman–Crippen LogP) is 3.87. The number of hydrogen-bond acceptors (Lipinski definition) is 5. The van der Waals surface area contributed by atoms with Gasteiger partial charge in [0, 0.05) is 17.4 Å². The van der Waals surface area contributed by atoms with Gasteiger partial charge in [-0.2, -0.15) is 0 Å². The molecular weight excluding hydrogens is 452 g/mol. The van der Waals surface area contributed by atoms with Crippen LogP contribution in [0.3, 0.4) is 0 Å². The Morgan fingerprint density at radius 1 is 1.03 bits per heavy atom. The zero-order valence-corrected chi connectivity index (χ0v) is 20.8. The molecule has 3 N–H and O–H groups in total. The minimum Gasteiger partial charge on any atom is -0.339 e. The molecule has 0 spiro atoms. The van der Waals surface area contributed by atoms with Gasteiger partial charge in [-0.15, -0.1) is 0 Å². The lowest BCUT2D eigenvalue weighted by atomic mass is 9.84. The first-order valence-corrected chi connectivity index (χ1v) is 13.2. The molecule has 0 saturated heterocycles. The largest absolute Gasteiger partial charge is 0.339 e. The van der Waals surface area contributed by atoms with Gasteiger partial charge in [0.1, 0.15) is 11.7 Å². The molecule has 1 heterocycles. The average molecular weight is 487 g/mol. The standard InChI is InChI=1S/C25H34N4O4S/c1-25(2,3)29-34(32,33)20-14-12-19(13-15-20)27-24(31)22(17-18-9-5-4-6-10-18)28-23(30)21-11-7-8-16-26-21/h7-8,11-16,18,22,29H,4-6,9-10,17H2,1-3H3,(H,27,31)(H,28,30)/t22-/m0/s1. The molecule has 2 aromatic rings. The Morgan fingerprint density at radius 2 is 1.71 bits per heavy atom. The number of nitrogens with one attached hydrogen (secondary N) is 3. The smallest absolute Gasteiger partial charge is 0.270 e. The van der Waals surface area contributed by atoms with Gasteiger partial charge < -0.3 is 10.6 Å². The molecule has 0 aliphatic heterocycles. The summed E-state index contributed by atoms with van der Waals surface area (Å²) in [6.07, 6.45) is 7.62. The molecule has 0 unspecified atom stereocenters. The number of amides is 2. The number of hydrogen-bond donors (Lipinski definition) is 3. The number of anilines is 1. The van der Waals surface area contributed by atoms with E-state index in [0.717, 1.165) is 25.7 Å². The van der Waals surface area contributed by atoms with Crippen molar-refractivity contribution < 1.29 is 18.0 Å². The van der Waals surface area contributed by atoms with Gasteiger partial charge in [0.25, 0.3) is 5.91 Å². The molecular formula is C25H34N4O4S. The Morgan fingerprint density at radius 3 is 2.29 bits per heavy atom. The van der Waals surface area contributed by atoms with Crippen molar-refractivity contribution in [3.8, 4) is 0 Å². The summed E-state index contributed by atoms with van der Waals surface area (Å²) in [5, 5.41) is 5.67. The Hall–Kier alpha value is -2.78. The second kappa shape index (κ2) is 11.1. The summed E-state index contributed by atoms with van der Waals surface area (Å²) >= 11 is 0. The van der Waals surface area contributed by atoms with E-state index in [4.69, 9.17) is 0 Å². The Kier molecular flexibility index (Phi) is 8.43. The molecule has 0 radical (unpaired) electrons. The summed E-state index contributed by atoms with van der Waals surface area (Å²) in [5.41, 5.74) is 0.106. The van der Waals surface area contributed by atoms with E-state index < -0.39 is 27.5 Å². The Balaban J connectivity index is 1.72. The van der Waals surface area contributed by atoms with E-state index in [0.29, 0.717) is 18.0 Å². The summed E-state index contributed by atoms with van der Waals surface area (Å²) in [7, 11) is -3.67. The fourth-order valence-corrected chi connectivity index (χ4v) is 5.54. The van der Waals surface area contributed by atoms with Gasteiger partial charge in [0.2, 0.25) is 15.9 Å². The highest BCUT2D eigenvalue weighted by atomic mass is 32.2. The third-order valence-electron chi connectivity index (χ3n) is 5.69. The second-order valence-corrected chi connectivity index (χ2v) is 11.5. The van der Waals surface area contributed by atoms with Crippen molar-refractivity contribution in [1.82, 2.24) is 15.0 Å². The van der Waals surface area contributed by atoms with Crippen molar-refractivity contribution in [1.29, 1.82) is 0 Å². The molecule has 3 rings (SSSR count). The van der Waals surface area contributed by atoms with Crippen LogP contribution >= 0.6 is 0 Å². The molecule has 1 aromatic carbocycles. The molecule has 1 aliphatic rings. The van der Waals surface area contributed by atoms with Gasteiger partial charge in [-0.1, -0.05) is 38.2 Å². The number of sulfonamides is 1. The molecule has 8 nitrogen and oxygen atoms in total. The van der Waals surface area contributed by atoms with Crippen LogP contribution in [-0.2, 0) is 14.8 Å².